The minimum absolute atomic E-state index is 0.226. The largest absolute Gasteiger partial charge is 0.392 e. The van der Waals surface area contributed by atoms with Gasteiger partial charge < -0.3 is 10.0 Å². The van der Waals surface area contributed by atoms with Crippen LogP contribution in [0.5, 0.6) is 0 Å². The van der Waals surface area contributed by atoms with Crippen LogP contribution in [0.3, 0.4) is 0 Å². The van der Waals surface area contributed by atoms with E-state index >= 15 is 0 Å². The van der Waals surface area contributed by atoms with Gasteiger partial charge in [-0.25, -0.2) is 0 Å². The topological polar surface area (TPSA) is 23.5 Å². The normalized spacial score (nSPS) is 13.9. The van der Waals surface area contributed by atoms with Gasteiger partial charge in [0.1, 0.15) is 0 Å². The lowest BCUT2D eigenvalue weighted by Crippen LogP contribution is -2.28. The van der Waals surface area contributed by atoms with Crippen molar-refractivity contribution in [3.05, 3.63) is 0 Å². The summed E-state index contributed by atoms with van der Waals surface area (Å²) in [5, 5.41) is 9.01. The van der Waals surface area contributed by atoms with Gasteiger partial charge in [0, 0.05) is 12.4 Å². The van der Waals surface area contributed by atoms with Gasteiger partial charge in [0.25, 0.3) is 0 Å². The van der Waals surface area contributed by atoms with Gasteiger partial charge in [-0.2, -0.15) is 0 Å². The van der Waals surface area contributed by atoms with E-state index in [-0.39, 0.29) is 6.10 Å². The van der Waals surface area contributed by atoms with Crippen LogP contribution in [0.1, 0.15) is 19.8 Å². The number of aliphatic hydroxyl groups is 1. The fraction of sp³-hybridized carbons (Fsp3) is 1.00. The van der Waals surface area contributed by atoms with Crippen LogP contribution in [-0.2, 0) is 0 Å². The van der Waals surface area contributed by atoms with Gasteiger partial charge >= 0.3 is 0 Å². The quantitative estimate of drug-likeness (QED) is 0.491. The third kappa shape index (κ3) is 8.11. The molecule has 11 heavy (non-hydrogen) atoms. The van der Waals surface area contributed by atoms with Crippen LogP contribution in [-0.4, -0.2) is 42.1 Å². The molecule has 0 amide bonds. The van der Waals surface area contributed by atoms with Gasteiger partial charge in [0.15, 0.2) is 0 Å². The molecular weight excluding hydrogens is 162 g/mol. The monoisotopic (exact) mass is 179 g/mol. The van der Waals surface area contributed by atoms with E-state index in [2.05, 4.69) is 4.90 Å². The Balaban J connectivity index is 3.15. The van der Waals surface area contributed by atoms with Crippen LogP contribution >= 0.6 is 11.6 Å². The van der Waals surface area contributed by atoms with E-state index in [0.29, 0.717) is 0 Å². The van der Waals surface area contributed by atoms with Crippen molar-refractivity contribution in [2.24, 2.45) is 0 Å². The first-order valence-electron chi connectivity index (χ1n) is 4.09. The van der Waals surface area contributed by atoms with E-state index in [9.17, 15) is 0 Å². The Morgan fingerprint density at radius 2 is 2.09 bits per heavy atom. The van der Waals surface area contributed by atoms with Crippen molar-refractivity contribution >= 4 is 11.6 Å². The summed E-state index contributed by atoms with van der Waals surface area (Å²) in [6.07, 6.45) is 1.95. The molecule has 0 spiro atoms. The van der Waals surface area contributed by atoms with Crippen molar-refractivity contribution in [2.75, 3.05) is 26.0 Å². The van der Waals surface area contributed by atoms with E-state index in [1.165, 1.54) is 0 Å². The maximum atomic E-state index is 9.01. The Labute approximate surface area is 74.2 Å². The molecule has 0 aromatic heterocycles. The molecule has 0 aliphatic carbocycles. The van der Waals surface area contributed by atoms with Gasteiger partial charge in [0.05, 0.1) is 6.10 Å². The van der Waals surface area contributed by atoms with Crippen molar-refractivity contribution in [3.8, 4) is 0 Å². The summed E-state index contributed by atoms with van der Waals surface area (Å²) in [6.45, 7) is 3.58. The highest BCUT2D eigenvalue weighted by molar-refractivity contribution is 6.17. The summed E-state index contributed by atoms with van der Waals surface area (Å²) >= 11 is 5.52. The second-order valence-electron chi connectivity index (χ2n) is 3.01. The fourth-order valence-electron chi connectivity index (χ4n) is 1.02. The Morgan fingerprint density at radius 1 is 1.45 bits per heavy atom. The highest BCUT2D eigenvalue weighted by Gasteiger charge is 2.01. The molecule has 0 fully saturated rings. The van der Waals surface area contributed by atoms with Crippen LogP contribution < -0.4 is 0 Å². The smallest absolute Gasteiger partial charge is 0.0638 e. The zero-order valence-electron chi connectivity index (χ0n) is 7.39. The molecule has 0 aromatic rings. The molecule has 0 heterocycles. The number of unbranched alkanes of at least 4 members (excludes halogenated alkanes) is 1. The summed E-state index contributed by atoms with van der Waals surface area (Å²) < 4.78 is 0. The van der Waals surface area contributed by atoms with Crippen LogP contribution in [0.2, 0.25) is 0 Å². The number of likely N-dealkylation sites (N-methyl/N-ethyl adjacent to an activating group) is 1. The summed E-state index contributed by atoms with van der Waals surface area (Å²) in [5.41, 5.74) is 0. The molecule has 1 unspecified atom stereocenters. The van der Waals surface area contributed by atoms with Crippen molar-refractivity contribution in [1.82, 2.24) is 4.90 Å². The number of rotatable bonds is 6. The van der Waals surface area contributed by atoms with Crippen molar-refractivity contribution in [3.63, 3.8) is 0 Å². The van der Waals surface area contributed by atoms with Crippen LogP contribution in [0.25, 0.3) is 0 Å². The lowest BCUT2D eigenvalue weighted by molar-refractivity contribution is 0.141. The molecule has 0 aliphatic rings. The zero-order chi connectivity index (χ0) is 8.69. The molecule has 0 radical (unpaired) electrons. The molecule has 68 valence electrons. The second-order valence-corrected chi connectivity index (χ2v) is 3.39. The fourth-order valence-corrected chi connectivity index (χ4v) is 1.21. The molecule has 1 N–H and O–H groups in total. The lowest BCUT2D eigenvalue weighted by atomic mass is 10.3. The standard InChI is InChI=1S/C8H18ClNO/c1-8(11)7-10(2)6-4-3-5-9/h8,11H,3-7H2,1-2H3. The van der Waals surface area contributed by atoms with Crippen molar-refractivity contribution < 1.29 is 5.11 Å². The van der Waals surface area contributed by atoms with E-state index < -0.39 is 0 Å². The van der Waals surface area contributed by atoms with Crippen LogP contribution in [0.15, 0.2) is 0 Å². The first-order chi connectivity index (χ1) is 5.16. The van der Waals surface area contributed by atoms with Crippen molar-refractivity contribution in [1.29, 1.82) is 0 Å². The maximum Gasteiger partial charge on any atom is 0.0638 e. The molecule has 0 bridgehead atoms. The zero-order valence-corrected chi connectivity index (χ0v) is 8.14. The summed E-state index contributed by atoms with van der Waals surface area (Å²) in [4.78, 5) is 2.12. The Hall–Kier alpha value is 0.210. The van der Waals surface area contributed by atoms with Crippen molar-refractivity contribution in [2.45, 2.75) is 25.9 Å². The predicted octanol–water partition coefficient (Wildman–Crippen LogP) is 1.32. The number of hydrogen-bond acceptors (Lipinski definition) is 2. The minimum atomic E-state index is -0.226. The maximum absolute atomic E-state index is 9.01. The van der Waals surface area contributed by atoms with E-state index in [1.807, 2.05) is 7.05 Å². The molecular formula is C8H18ClNO. The van der Waals surface area contributed by atoms with E-state index in [4.69, 9.17) is 16.7 Å². The lowest BCUT2D eigenvalue weighted by Gasteiger charge is -2.17. The molecule has 0 aliphatic heterocycles. The average Bonchev–Trinajstić information content (AvgIpc) is 1.86. The summed E-state index contributed by atoms with van der Waals surface area (Å²) in [5.74, 6) is 0.739. The Kier molecular flexibility index (Phi) is 7.02. The first-order valence-corrected chi connectivity index (χ1v) is 4.63. The molecule has 0 saturated carbocycles. The number of nitrogens with zero attached hydrogens (tertiary/aromatic N) is 1. The third-order valence-corrected chi connectivity index (χ3v) is 1.77. The SMILES string of the molecule is CC(O)CN(C)CCCCCl. The highest BCUT2D eigenvalue weighted by Crippen LogP contribution is 1.95. The molecule has 0 aromatic carbocycles. The predicted molar refractivity (Wildman–Crippen MR) is 49.1 cm³/mol. The van der Waals surface area contributed by atoms with Gasteiger partial charge in [-0.3, -0.25) is 0 Å². The average molecular weight is 180 g/mol. The number of alkyl halides is 1. The van der Waals surface area contributed by atoms with E-state index in [0.717, 1.165) is 31.8 Å². The third-order valence-electron chi connectivity index (χ3n) is 1.50. The molecule has 2 nitrogen and oxygen atoms in total. The molecule has 1 atom stereocenters. The van der Waals surface area contributed by atoms with E-state index in [1.54, 1.807) is 6.92 Å². The van der Waals surface area contributed by atoms with Gasteiger partial charge in [-0.1, -0.05) is 0 Å². The van der Waals surface area contributed by atoms with Crippen LogP contribution in [0, 0.1) is 0 Å². The Morgan fingerprint density at radius 3 is 2.55 bits per heavy atom. The highest BCUT2D eigenvalue weighted by atomic mass is 35.5. The minimum Gasteiger partial charge on any atom is -0.392 e. The van der Waals surface area contributed by atoms with Gasteiger partial charge in [-0.15, -0.1) is 11.6 Å². The molecule has 0 rings (SSSR count). The summed E-state index contributed by atoms with van der Waals surface area (Å²) in [7, 11) is 2.01. The number of aliphatic hydroxyl groups excluding tert-OH is 1. The summed E-state index contributed by atoms with van der Waals surface area (Å²) in [6, 6.07) is 0. The second kappa shape index (κ2) is 6.89. The molecule has 0 saturated heterocycles. The first kappa shape index (κ1) is 11.2. The number of hydrogen-bond donors (Lipinski definition) is 1. The van der Waals surface area contributed by atoms with Gasteiger partial charge in [-0.05, 0) is 33.4 Å². The number of halogens is 1. The van der Waals surface area contributed by atoms with Crippen LogP contribution in [0.4, 0.5) is 0 Å². The Bertz CT molecular complexity index is 88.2. The molecule has 3 heteroatoms. The van der Waals surface area contributed by atoms with Gasteiger partial charge in [0.2, 0.25) is 0 Å².